The van der Waals surface area contributed by atoms with Gasteiger partial charge in [0.1, 0.15) is 66.5 Å². The number of thiol groups is 2. The summed E-state index contributed by atoms with van der Waals surface area (Å²) in [6.07, 6.45) is 3.34. The normalized spacial score (nSPS) is 14.8. The van der Waals surface area contributed by atoms with Crippen molar-refractivity contribution in [3.63, 3.8) is 0 Å². The molecule has 0 aliphatic carbocycles. The lowest BCUT2D eigenvalue weighted by Crippen LogP contribution is -2.63. The molecule has 3 heterocycles. The fourth-order valence-electron chi connectivity index (χ4n) is 11.5. The summed E-state index contributed by atoms with van der Waals surface area (Å²) in [4.78, 5) is 187. The summed E-state index contributed by atoms with van der Waals surface area (Å²) in [5, 5.41) is 70.5. The zero-order chi connectivity index (χ0) is 78.2. The number of H-pyrrole nitrogens is 3. The number of carbonyl (C=O) groups is 12. The Kier molecular flexibility index (Phi) is 33.5. The topological polar surface area (TPSA) is 517 Å². The molecule has 7 aromatic rings. The highest BCUT2D eigenvalue weighted by Gasteiger charge is 2.39. The van der Waals surface area contributed by atoms with Crippen molar-refractivity contribution >= 4 is 107 Å². The number of nitrogens with two attached hydrogens (primary N) is 1. The van der Waals surface area contributed by atoms with E-state index in [2.05, 4.69) is 109 Å². The molecule has 13 atom stereocenters. The molecule has 108 heavy (non-hydrogen) atoms. The number of carboxylic acid groups (broad SMARTS) is 1. The maximum Gasteiger partial charge on any atom is 0.327 e. The van der Waals surface area contributed by atoms with E-state index in [1.807, 2.05) is 0 Å². The maximum atomic E-state index is 15.4. The third-order valence-corrected chi connectivity index (χ3v) is 17.9. The number of nitrogens with one attached hydrogen (secondary N) is 14. The first-order valence-corrected chi connectivity index (χ1v) is 36.2. The summed E-state index contributed by atoms with van der Waals surface area (Å²) >= 11 is 8.06. The second kappa shape index (κ2) is 43.0. The van der Waals surface area contributed by atoms with Gasteiger partial charge < -0.3 is 99.6 Å². The maximum absolute atomic E-state index is 15.4. The third-order valence-electron chi connectivity index (χ3n) is 17.4. The fourth-order valence-corrected chi connectivity index (χ4v) is 12.0. The van der Waals surface area contributed by atoms with Crippen LogP contribution in [0.2, 0.25) is 0 Å². The molecule has 0 bridgehead atoms. The number of aliphatic hydroxyl groups excluding tert-OH is 3. The van der Waals surface area contributed by atoms with Crippen molar-refractivity contribution in [3.8, 4) is 0 Å². The lowest BCUT2D eigenvalue weighted by Gasteiger charge is -2.29. The number of fused-ring (bicyclic) bond motifs is 1. The van der Waals surface area contributed by atoms with Crippen LogP contribution in [0.15, 0.2) is 147 Å². The van der Waals surface area contributed by atoms with Gasteiger partial charge in [-0.2, -0.15) is 25.3 Å². The molecule has 11 amide bonds. The van der Waals surface area contributed by atoms with Gasteiger partial charge in [0, 0.05) is 80.2 Å². The molecule has 4 aromatic carbocycles. The van der Waals surface area contributed by atoms with Crippen molar-refractivity contribution in [2.24, 2.45) is 5.73 Å². The molecule has 3 aromatic heterocycles. The highest BCUT2D eigenvalue weighted by Crippen LogP contribution is 2.21. The van der Waals surface area contributed by atoms with Crippen molar-refractivity contribution in [2.75, 3.05) is 24.7 Å². The molecular formula is C73H93N17O16S2. The molecule has 0 spiro atoms. The van der Waals surface area contributed by atoms with Crippen molar-refractivity contribution < 1.29 is 78.0 Å². The van der Waals surface area contributed by atoms with Crippen LogP contribution < -0.4 is 64.2 Å². The quantitative estimate of drug-likeness (QED) is 0.0144. The van der Waals surface area contributed by atoms with Crippen molar-refractivity contribution in [2.45, 2.75) is 157 Å². The number of aliphatic carboxylic acids is 1. The predicted octanol–water partition coefficient (Wildman–Crippen LogP) is -2.08. The van der Waals surface area contributed by atoms with E-state index in [1.165, 1.54) is 25.8 Å². The SMILES string of the molecule is C[C@@H](O)[C@H](NC(=O)[C@H](Cc1ccccc1)NC(=O)[C@@H](NC(=O)[C@H](CCCCN)NC(=O)[C@@H](Cc1c[nH]c2ccccc12)NC(=O)[C@H](Cc1ccccc1)NC(=O)[C@H](Cc1ccccc1)NC(=O)[C@H](Cc1c[nH]cn1)NC(=O)[C@H](Cc1c[nH]cn1)NC(=O)CCS)[C@@H](C)O)C(=O)N[C@@H](CO)C(=O)N[C@@H](CS)C(=O)O. The van der Waals surface area contributed by atoms with Gasteiger partial charge in [0.15, 0.2) is 0 Å². The number of aromatic nitrogens is 5. The number of rotatable bonds is 44. The Balaban J connectivity index is 1.16. The number of aliphatic hydroxyl groups is 3. The van der Waals surface area contributed by atoms with E-state index in [0.29, 0.717) is 51.0 Å². The number of para-hydroxylation sites is 1. The Labute approximate surface area is 632 Å². The van der Waals surface area contributed by atoms with E-state index >= 15 is 14.4 Å². The molecule has 0 unspecified atom stereocenters. The lowest BCUT2D eigenvalue weighted by molar-refractivity contribution is -0.142. The monoisotopic (exact) mass is 1530 g/mol. The van der Waals surface area contributed by atoms with Crippen molar-refractivity contribution in [1.82, 2.24) is 83.4 Å². The minimum atomic E-state index is -1.88. The van der Waals surface area contributed by atoms with E-state index in [1.54, 1.807) is 128 Å². The number of hydrogen-bond acceptors (Lipinski definition) is 20. The molecule has 578 valence electrons. The summed E-state index contributed by atoms with van der Waals surface area (Å²) in [6.45, 7) is 1.40. The fraction of sp³-hybridized carbons (Fsp3) is 0.397. The molecule has 35 heteroatoms. The Hall–Kier alpha value is -11.0. The average molecular weight is 1530 g/mol. The van der Waals surface area contributed by atoms with E-state index in [0.717, 1.165) is 6.92 Å². The van der Waals surface area contributed by atoms with Gasteiger partial charge in [-0.3, -0.25) is 52.7 Å². The molecule has 33 nitrogen and oxygen atoms in total. The molecule has 0 radical (unpaired) electrons. The van der Waals surface area contributed by atoms with Crippen LogP contribution in [-0.4, -0.2) is 220 Å². The molecular weight excluding hydrogens is 1440 g/mol. The summed E-state index contributed by atoms with van der Waals surface area (Å²) in [5.74, 6) is -12.0. The zero-order valence-corrected chi connectivity index (χ0v) is 61.1. The summed E-state index contributed by atoms with van der Waals surface area (Å²) in [7, 11) is 0. The smallest absolute Gasteiger partial charge is 0.327 e. The largest absolute Gasteiger partial charge is 0.480 e. The van der Waals surface area contributed by atoms with Crippen LogP contribution in [0.3, 0.4) is 0 Å². The van der Waals surface area contributed by atoms with E-state index in [-0.39, 0.29) is 75.8 Å². The second-order valence-electron chi connectivity index (χ2n) is 25.7. The van der Waals surface area contributed by atoms with Crippen molar-refractivity contribution in [1.29, 1.82) is 0 Å². The number of hydrogen-bond donors (Lipinski definition) is 21. The number of carbonyl (C=O) groups excluding carboxylic acids is 11. The first kappa shape index (κ1) is 84.3. The summed E-state index contributed by atoms with van der Waals surface area (Å²) in [5.41, 5.74) is 9.48. The first-order chi connectivity index (χ1) is 51.9. The van der Waals surface area contributed by atoms with Gasteiger partial charge in [0.05, 0.1) is 42.9 Å². The number of aromatic amines is 3. The predicted molar refractivity (Wildman–Crippen MR) is 402 cm³/mol. The van der Waals surface area contributed by atoms with Crippen LogP contribution in [0.25, 0.3) is 10.9 Å². The van der Waals surface area contributed by atoms with Crippen molar-refractivity contribution in [3.05, 3.63) is 180 Å². The van der Waals surface area contributed by atoms with E-state index in [9.17, 15) is 63.6 Å². The number of imidazole rings is 2. The minimum Gasteiger partial charge on any atom is -0.480 e. The Bertz CT molecular complexity index is 4100. The molecule has 20 N–H and O–H groups in total. The van der Waals surface area contributed by atoms with Crippen LogP contribution in [-0.2, 0) is 96.1 Å². The van der Waals surface area contributed by atoms with Crippen LogP contribution in [0.4, 0.5) is 0 Å². The van der Waals surface area contributed by atoms with Gasteiger partial charge in [0.25, 0.3) is 0 Å². The molecule has 0 saturated heterocycles. The Morgan fingerprint density at radius 3 is 1.21 bits per heavy atom. The average Bonchev–Trinajstić information content (AvgIpc) is 1.64. The number of carboxylic acids is 1. The first-order valence-electron chi connectivity index (χ1n) is 35.0. The molecule has 0 fully saturated rings. The second-order valence-corrected chi connectivity index (χ2v) is 26.5. The van der Waals surface area contributed by atoms with Gasteiger partial charge in [-0.1, -0.05) is 109 Å². The lowest BCUT2D eigenvalue weighted by atomic mass is 10.00. The number of benzene rings is 4. The molecule has 0 saturated carbocycles. The van der Waals surface area contributed by atoms with Crippen LogP contribution in [0.1, 0.15) is 73.2 Å². The standard InChI is InChI=1S/C73H93N17O16S2/c1-41(92)61(71(103)86-54(30-45-20-10-5-11-21-45)69(101)90-62(42(2)93)72(104)87-58(37-91)70(102)88-59(38-108)73(105)106)89-63(95)51(24-14-15-26-74)81-66(98)55(31-46-34-77-50-23-13-12-22-49(46)50)84-65(97)53(29-44-18-8-4-9-19-44)82-64(96)52(28-43-16-6-3-7-17-43)83-68(100)57(33-48-36-76-40-79-48)85-67(99)56(80-60(94)25-27-107)32-47-35-75-39-78-47/h3-13,16-23,34-36,39-42,51-59,61-62,77,91-93,107-108H,14-15,24-33,37-38,74H2,1-2H3,(H,75,78)(H,76,79)(H,80,94)(H,81,98)(H,82,96)(H,83,100)(H,84,97)(H,85,99)(H,86,103)(H,87,104)(H,88,102)(H,89,95)(H,90,101)(H,105,106)/t41-,42-,51+,52+,53+,54+,55-,56+,57+,58+,59+,61+,62+/m1/s1. The van der Waals surface area contributed by atoms with E-state index < -0.39 is 156 Å². The molecule has 0 aliphatic rings. The van der Waals surface area contributed by atoms with Gasteiger partial charge in [0.2, 0.25) is 65.0 Å². The van der Waals surface area contributed by atoms with E-state index in [4.69, 9.17) is 5.73 Å². The summed E-state index contributed by atoms with van der Waals surface area (Å²) in [6, 6.07) is 15.1. The van der Waals surface area contributed by atoms with Crippen LogP contribution in [0.5, 0.6) is 0 Å². The van der Waals surface area contributed by atoms with Gasteiger partial charge in [-0.25, -0.2) is 14.8 Å². The highest BCUT2D eigenvalue weighted by molar-refractivity contribution is 7.80. The number of nitrogens with zero attached hydrogens (tertiary/aromatic N) is 2. The van der Waals surface area contributed by atoms with Gasteiger partial charge >= 0.3 is 5.97 Å². The van der Waals surface area contributed by atoms with Gasteiger partial charge in [-0.05, 0) is 73.7 Å². The number of unbranched alkanes of at least 4 members (excludes halogenated alkanes) is 1. The Morgan fingerprint density at radius 1 is 0.435 bits per heavy atom. The third kappa shape index (κ3) is 26.2. The van der Waals surface area contributed by atoms with Crippen LogP contribution in [0, 0.1) is 0 Å². The number of amides is 11. The molecule has 0 aliphatic heterocycles. The zero-order valence-electron chi connectivity index (χ0n) is 59.3. The molecule has 7 rings (SSSR count). The Morgan fingerprint density at radius 2 is 0.806 bits per heavy atom. The minimum absolute atomic E-state index is 0.0248. The van der Waals surface area contributed by atoms with Gasteiger partial charge in [-0.15, -0.1) is 0 Å². The highest BCUT2D eigenvalue weighted by atomic mass is 32.1. The summed E-state index contributed by atoms with van der Waals surface area (Å²) < 4.78 is 0. The van der Waals surface area contributed by atoms with Crippen LogP contribution >= 0.6 is 25.3 Å².